The molecule has 0 saturated heterocycles. The van der Waals surface area contributed by atoms with Crippen LogP contribution in [0, 0.1) is 0 Å². The zero-order valence-electron chi connectivity index (χ0n) is 13.1. The molecule has 4 nitrogen and oxygen atoms in total. The van der Waals surface area contributed by atoms with Gasteiger partial charge >= 0.3 is 0 Å². The molecule has 1 aliphatic rings. The van der Waals surface area contributed by atoms with Crippen molar-refractivity contribution in [2.75, 3.05) is 0 Å². The van der Waals surface area contributed by atoms with E-state index in [-0.39, 0.29) is 4.90 Å². The van der Waals surface area contributed by atoms with E-state index in [0.29, 0.717) is 5.92 Å². The molecule has 0 fully saturated rings. The minimum Gasteiger partial charge on any atom is -0.312 e. The Morgan fingerprint density at radius 2 is 1.71 bits per heavy atom. The topological polar surface area (TPSA) is 58.2 Å². The van der Waals surface area contributed by atoms with Crippen LogP contribution in [-0.2, 0) is 10.0 Å². The van der Waals surface area contributed by atoms with Crippen LogP contribution in [0.1, 0.15) is 30.7 Å². The van der Waals surface area contributed by atoms with E-state index in [9.17, 15) is 8.42 Å². The highest BCUT2D eigenvalue weighted by Gasteiger charge is 2.18. The van der Waals surface area contributed by atoms with Crippen LogP contribution in [-0.4, -0.2) is 8.42 Å². The van der Waals surface area contributed by atoms with Gasteiger partial charge < -0.3 is 5.43 Å². The van der Waals surface area contributed by atoms with Gasteiger partial charge in [0.1, 0.15) is 0 Å². The van der Waals surface area contributed by atoms with Crippen LogP contribution in [0.5, 0.6) is 0 Å². The molecule has 0 aliphatic heterocycles. The Balaban J connectivity index is 1.59. The Kier molecular flexibility index (Phi) is 5.38. The summed E-state index contributed by atoms with van der Waals surface area (Å²) in [6.07, 6.45) is 4.81. The normalized spacial score (nSPS) is 18.0. The molecule has 126 valence electrons. The molecule has 0 bridgehead atoms. The van der Waals surface area contributed by atoms with Gasteiger partial charge in [-0.25, -0.2) is 8.42 Å². The van der Waals surface area contributed by atoms with Crippen LogP contribution < -0.4 is 10.3 Å². The Morgan fingerprint density at radius 1 is 1.00 bits per heavy atom. The third-order valence-corrected chi connectivity index (χ3v) is 5.94. The van der Waals surface area contributed by atoms with Crippen molar-refractivity contribution in [3.8, 4) is 0 Å². The maximum absolute atomic E-state index is 12.3. The molecule has 0 saturated carbocycles. The number of nitrogens with one attached hydrogen (secondary N) is 2. The summed E-state index contributed by atoms with van der Waals surface area (Å²) >= 11 is 3.30. The molecule has 6 heteroatoms. The number of rotatable bonds is 5. The predicted octanol–water partition coefficient (Wildman–Crippen LogP) is 4.08. The third-order valence-electron chi connectivity index (χ3n) is 4.15. The number of hydrogen-bond donors (Lipinski definition) is 2. The standard InChI is InChI=1S/C18H19BrN2O2S/c19-16-8-12-18(13-9-16)24(22,23)21-20-17-10-6-15(7-11-17)14-4-2-1-3-5-14/h1-5,8-10,12-13,15,20-21H,6-7,11H2. The summed E-state index contributed by atoms with van der Waals surface area (Å²) in [5.74, 6) is 0.500. The first-order chi connectivity index (χ1) is 11.5. The van der Waals surface area contributed by atoms with Crippen LogP contribution in [0.3, 0.4) is 0 Å². The number of allylic oxidation sites excluding steroid dienone is 2. The van der Waals surface area contributed by atoms with Gasteiger partial charge in [0.15, 0.2) is 0 Å². The van der Waals surface area contributed by atoms with Crippen LogP contribution in [0.2, 0.25) is 0 Å². The molecule has 1 atom stereocenters. The van der Waals surface area contributed by atoms with E-state index in [4.69, 9.17) is 0 Å². The average Bonchev–Trinajstić information content (AvgIpc) is 2.62. The van der Waals surface area contributed by atoms with Crippen molar-refractivity contribution in [3.05, 3.63) is 76.4 Å². The largest absolute Gasteiger partial charge is 0.312 e. The zero-order valence-corrected chi connectivity index (χ0v) is 15.5. The van der Waals surface area contributed by atoms with Crippen molar-refractivity contribution in [2.45, 2.75) is 30.1 Å². The fraction of sp³-hybridized carbons (Fsp3) is 0.222. The lowest BCUT2D eigenvalue weighted by Gasteiger charge is -2.23. The lowest BCUT2D eigenvalue weighted by molar-refractivity contribution is 0.541. The van der Waals surface area contributed by atoms with Crippen molar-refractivity contribution in [2.24, 2.45) is 0 Å². The molecule has 0 aromatic heterocycles. The molecular formula is C18H19BrN2O2S. The average molecular weight is 407 g/mol. The number of halogens is 1. The van der Waals surface area contributed by atoms with Gasteiger partial charge in [0.2, 0.25) is 0 Å². The van der Waals surface area contributed by atoms with E-state index in [1.54, 1.807) is 24.3 Å². The zero-order chi connectivity index (χ0) is 17.0. The maximum Gasteiger partial charge on any atom is 0.257 e. The fourth-order valence-electron chi connectivity index (χ4n) is 2.78. The van der Waals surface area contributed by atoms with Crippen molar-refractivity contribution >= 4 is 26.0 Å². The summed E-state index contributed by atoms with van der Waals surface area (Å²) in [5, 5.41) is 0. The summed E-state index contributed by atoms with van der Waals surface area (Å²) < 4.78 is 25.4. The SMILES string of the molecule is O=S(=O)(NNC1=CCC(c2ccccc2)CC1)c1ccc(Br)cc1. The monoisotopic (exact) mass is 406 g/mol. The van der Waals surface area contributed by atoms with Gasteiger partial charge in [-0.3, -0.25) is 0 Å². The highest BCUT2D eigenvalue weighted by atomic mass is 79.9. The first-order valence-electron chi connectivity index (χ1n) is 7.82. The molecular weight excluding hydrogens is 388 g/mol. The summed E-state index contributed by atoms with van der Waals surface area (Å²) in [6.45, 7) is 0. The second-order valence-electron chi connectivity index (χ2n) is 5.80. The molecule has 0 spiro atoms. The van der Waals surface area contributed by atoms with Crippen LogP contribution in [0.15, 0.2) is 75.7 Å². The van der Waals surface area contributed by atoms with E-state index in [1.165, 1.54) is 5.56 Å². The smallest absolute Gasteiger partial charge is 0.257 e. The lowest BCUT2D eigenvalue weighted by atomic mass is 9.87. The summed E-state index contributed by atoms with van der Waals surface area (Å²) in [5.41, 5.74) is 5.11. The molecule has 2 aromatic rings. The maximum atomic E-state index is 12.3. The molecule has 0 radical (unpaired) electrons. The third kappa shape index (κ3) is 4.26. The molecule has 1 aliphatic carbocycles. The van der Waals surface area contributed by atoms with Crippen LogP contribution in [0.25, 0.3) is 0 Å². The van der Waals surface area contributed by atoms with Crippen molar-refractivity contribution in [1.82, 2.24) is 10.3 Å². The molecule has 3 rings (SSSR count). The van der Waals surface area contributed by atoms with Gasteiger partial charge in [-0.15, -0.1) is 4.83 Å². The summed E-state index contributed by atoms with van der Waals surface area (Å²) in [6, 6.07) is 17.0. The lowest BCUT2D eigenvalue weighted by Crippen LogP contribution is -2.37. The quantitative estimate of drug-likeness (QED) is 0.735. The van der Waals surface area contributed by atoms with E-state index < -0.39 is 10.0 Å². The highest BCUT2D eigenvalue weighted by molar-refractivity contribution is 9.10. The van der Waals surface area contributed by atoms with Crippen LogP contribution >= 0.6 is 15.9 Å². The van der Waals surface area contributed by atoms with Gasteiger partial charge in [0.05, 0.1) is 4.90 Å². The molecule has 0 heterocycles. The molecule has 0 amide bonds. The highest BCUT2D eigenvalue weighted by Crippen LogP contribution is 2.30. The Hall–Kier alpha value is -1.63. The number of benzene rings is 2. The first-order valence-corrected chi connectivity index (χ1v) is 10.1. The fourth-order valence-corrected chi connectivity index (χ4v) is 3.92. The Morgan fingerprint density at radius 3 is 2.33 bits per heavy atom. The minimum atomic E-state index is -3.56. The first kappa shape index (κ1) is 17.2. The second kappa shape index (κ2) is 7.51. The van der Waals surface area contributed by atoms with E-state index in [2.05, 4.69) is 56.5 Å². The van der Waals surface area contributed by atoms with E-state index in [1.807, 2.05) is 6.07 Å². The molecule has 24 heavy (non-hydrogen) atoms. The summed E-state index contributed by atoms with van der Waals surface area (Å²) in [7, 11) is -3.56. The van der Waals surface area contributed by atoms with Gasteiger partial charge in [0, 0.05) is 10.2 Å². The number of sulfonamides is 1. The van der Waals surface area contributed by atoms with Crippen molar-refractivity contribution in [1.29, 1.82) is 0 Å². The Bertz CT molecular complexity index is 818. The number of hydrazine groups is 1. The molecule has 2 aromatic carbocycles. The van der Waals surface area contributed by atoms with E-state index >= 15 is 0 Å². The summed E-state index contributed by atoms with van der Waals surface area (Å²) in [4.78, 5) is 2.69. The van der Waals surface area contributed by atoms with E-state index in [0.717, 1.165) is 29.4 Å². The van der Waals surface area contributed by atoms with Gasteiger partial charge in [0.25, 0.3) is 10.0 Å². The second-order valence-corrected chi connectivity index (χ2v) is 8.39. The van der Waals surface area contributed by atoms with Gasteiger partial charge in [-0.05, 0) is 55.0 Å². The predicted molar refractivity (Wildman–Crippen MR) is 98.7 cm³/mol. The molecule has 2 N–H and O–H groups in total. The number of hydrogen-bond acceptors (Lipinski definition) is 3. The van der Waals surface area contributed by atoms with Crippen molar-refractivity contribution in [3.63, 3.8) is 0 Å². The van der Waals surface area contributed by atoms with Crippen LogP contribution in [0.4, 0.5) is 0 Å². The van der Waals surface area contributed by atoms with Crippen molar-refractivity contribution < 1.29 is 8.42 Å². The van der Waals surface area contributed by atoms with Gasteiger partial charge in [-0.2, -0.15) is 0 Å². The Labute approximate surface area is 151 Å². The minimum absolute atomic E-state index is 0.233. The molecule has 1 unspecified atom stereocenters. The van der Waals surface area contributed by atoms with Gasteiger partial charge in [-0.1, -0.05) is 52.3 Å².